The van der Waals surface area contributed by atoms with Gasteiger partial charge in [-0.05, 0) is 18.1 Å². The number of aromatic nitrogens is 1. The minimum Gasteiger partial charge on any atom is -0.322 e. The van der Waals surface area contributed by atoms with E-state index in [1.165, 1.54) is 11.3 Å². The lowest BCUT2D eigenvalue weighted by Gasteiger charge is -2.04. The molecule has 3 N–H and O–H groups in total. The molecule has 0 radical (unpaired) electrons. The lowest BCUT2D eigenvalue weighted by Crippen LogP contribution is -2.21. The number of hydrogen-bond donors (Lipinski definition) is 2. The van der Waals surface area contributed by atoms with Gasteiger partial charge in [-0.15, -0.1) is 11.3 Å². The van der Waals surface area contributed by atoms with E-state index in [0.717, 1.165) is 29.5 Å². The topological polar surface area (TPSA) is 85.1 Å². The summed E-state index contributed by atoms with van der Waals surface area (Å²) in [6.07, 6.45) is 1.66. The van der Waals surface area contributed by atoms with Gasteiger partial charge in [0.25, 0.3) is 0 Å². The molecular formula is C14H15N3O2S. The second kappa shape index (κ2) is 6.40. The van der Waals surface area contributed by atoms with Gasteiger partial charge in [-0.3, -0.25) is 9.59 Å². The first-order valence-corrected chi connectivity index (χ1v) is 7.09. The molecular weight excluding hydrogens is 274 g/mol. The van der Waals surface area contributed by atoms with Gasteiger partial charge in [0, 0.05) is 16.5 Å². The van der Waals surface area contributed by atoms with Crippen molar-refractivity contribution in [3.05, 3.63) is 34.7 Å². The third-order valence-electron chi connectivity index (χ3n) is 2.89. The minimum atomic E-state index is -0.277. The number of nitrogens with zero attached hydrogens (tertiary/aromatic N) is 1. The van der Waals surface area contributed by atoms with Crippen LogP contribution in [-0.2, 0) is 11.2 Å². The van der Waals surface area contributed by atoms with Crippen LogP contribution < -0.4 is 11.1 Å². The lowest BCUT2D eigenvalue weighted by atomic mass is 10.0. The van der Waals surface area contributed by atoms with Crippen molar-refractivity contribution in [2.45, 2.75) is 13.3 Å². The van der Waals surface area contributed by atoms with Crippen molar-refractivity contribution in [3.63, 3.8) is 0 Å². The first kappa shape index (κ1) is 14.4. The van der Waals surface area contributed by atoms with Crippen LogP contribution in [0.1, 0.15) is 22.8 Å². The summed E-state index contributed by atoms with van der Waals surface area (Å²) in [5, 5.41) is 4.94. The van der Waals surface area contributed by atoms with Crippen LogP contribution in [0.5, 0.6) is 0 Å². The van der Waals surface area contributed by atoms with Gasteiger partial charge in [-0.25, -0.2) is 4.98 Å². The normalized spacial score (nSPS) is 10.3. The Kier molecular flexibility index (Phi) is 4.60. The third kappa shape index (κ3) is 3.09. The number of amides is 1. The van der Waals surface area contributed by atoms with Gasteiger partial charge in [-0.1, -0.05) is 19.1 Å². The molecule has 0 atom stereocenters. The summed E-state index contributed by atoms with van der Waals surface area (Å²) in [5.74, 6) is -0.277. The molecule has 0 spiro atoms. The summed E-state index contributed by atoms with van der Waals surface area (Å²) in [6.45, 7) is 1.93. The van der Waals surface area contributed by atoms with E-state index < -0.39 is 0 Å². The average Bonchev–Trinajstić information content (AvgIpc) is 2.94. The molecule has 2 aromatic rings. The van der Waals surface area contributed by atoms with E-state index in [0.29, 0.717) is 10.7 Å². The van der Waals surface area contributed by atoms with E-state index in [-0.39, 0.29) is 12.5 Å². The zero-order valence-electron chi connectivity index (χ0n) is 11.1. The molecule has 2 rings (SSSR count). The maximum absolute atomic E-state index is 11.2. The van der Waals surface area contributed by atoms with Gasteiger partial charge >= 0.3 is 0 Å². The first-order valence-electron chi connectivity index (χ1n) is 6.21. The quantitative estimate of drug-likeness (QED) is 0.825. The summed E-state index contributed by atoms with van der Waals surface area (Å²) in [5.41, 5.74) is 8.50. The lowest BCUT2D eigenvalue weighted by molar-refractivity contribution is -0.114. The standard InChI is InChI=1S/C14H15N3O2S/c1-2-9-3-4-10(5-11(9)7-18)12-8-20-14(16-12)17-13(19)6-15/h3-5,7-8H,2,6,15H2,1H3,(H,16,17,19). The number of hydrogen-bond acceptors (Lipinski definition) is 5. The summed E-state index contributed by atoms with van der Waals surface area (Å²) in [4.78, 5) is 26.6. The summed E-state index contributed by atoms with van der Waals surface area (Å²) in [7, 11) is 0. The van der Waals surface area contributed by atoms with Gasteiger partial charge in [0.2, 0.25) is 5.91 Å². The van der Waals surface area contributed by atoms with Crippen molar-refractivity contribution < 1.29 is 9.59 Å². The largest absolute Gasteiger partial charge is 0.322 e. The Balaban J connectivity index is 2.28. The van der Waals surface area contributed by atoms with Crippen molar-refractivity contribution in [1.82, 2.24) is 4.98 Å². The molecule has 1 aromatic carbocycles. The number of rotatable bonds is 5. The second-order valence-electron chi connectivity index (χ2n) is 4.18. The molecule has 0 aliphatic rings. The van der Waals surface area contributed by atoms with Crippen LogP contribution in [0.3, 0.4) is 0 Å². The molecule has 104 valence electrons. The van der Waals surface area contributed by atoms with Crippen LogP contribution in [0.2, 0.25) is 0 Å². The van der Waals surface area contributed by atoms with Crippen molar-refractivity contribution >= 4 is 28.7 Å². The number of carbonyl (C=O) groups excluding carboxylic acids is 2. The van der Waals surface area contributed by atoms with Gasteiger partial charge in [0.15, 0.2) is 5.13 Å². The number of anilines is 1. The Morgan fingerprint density at radius 3 is 2.95 bits per heavy atom. The maximum atomic E-state index is 11.2. The zero-order chi connectivity index (χ0) is 14.5. The van der Waals surface area contributed by atoms with Crippen LogP contribution >= 0.6 is 11.3 Å². The molecule has 1 aromatic heterocycles. The van der Waals surface area contributed by atoms with Gasteiger partial charge in [0.1, 0.15) is 6.29 Å². The van der Waals surface area contributed by atoms with Crippen molar-refractivity contribution in [3.8, 4) is 11.3 Å². The monoisotopic (exact) mass is 289 g/mol. The third-order valence-corrected chi connectivity index (χ3v) is 3.64. The molecule has 0 fully saturated rings. The van der Waals surface area contributed by atoms with Crippen molar-refractivity contribution in [2.24, 2.45) is 5.73 Å². The molecule has 0 saturated heterocycles. The van der Waals surface area contributed by atoms with E-state index in [9.17, 15) is 9.59 Å². The Morgan fingerprint density at radius 1 is 1.50 bits per heavy atom. The summed E-state index contributed by atoms with van der Waals surface area (Å²) in [6, 6.07) is 5.67. The summed E-state index contributed by atoms with van der Waals surface area (Å²) < 4.78 is 0. The molecule has 0 bridgehead atoms. The Morgan fingerprint density at radius 2 is 2.30 bits per heavy atom. The highest BCUT2D eigenvalue weighted by atomic mass is 32.1. The molecule has 0 aliphatic carbocycles. The number of benzene rings is 1. The van der Waals surface area contributed by atoms with Crippen LogP contribution in [0.15, 0.2) is 23.6 Å². The fourth-order valence-electron chi connectivity index (χ4n) is 1.82. The average molecular weight is 289 g/mol. The number of carbonyl (C=O) groups is 2. The molecule has 1 amide bonds. The molecule has 0 aliphatic heterocycles. The first-order chi connectivity index (χ1) is 9.67. The predicted molar refractivity (Wildman–Crippen MR) is 80.0 cm³/mol. The van der Waals surface area contributed by atoms with E-state index in [1.54, 1.807) is 0 Å². The number of aryl methyl sites for hydroxylation is 1. The molecule has 5 nitrogen and oxygen atoms in total. The minimum absolute atomic E-state index is 0.0740. The van der Waals surface area contributed by atoms with Crippen LogP contribution in [0.4, 0.5) is 5.13 Å². The predicted octanol–water partition coefficient (Wildman–Crippen LogP) is 2.08. The van der Waals surface area contributed by atoms with E-state index in [4.69, 9.17) is 5.73 Å². The van der Waals surface area contributed by atoms with Crippen LogP contribution in [0.25, 0.3) is 11.3 Å². The molecule has 1 heterocycles. The van der Waals surface area contributed by atoms with Crippen molar-refractivity contribution in [2.75, 3.05) is 11.9 Å². The van der Waals surface area contributed by atoms with Crippen LogP contribution in [-0.4, -0.2) is 23.7 Å². The zero-order valence-corrected chi connectivity index (χ0v) is 11.9. The molecule has 0 saturated carbocycles. The highest BCUT2D eigenvalue weighted by Crippen LogP contribution is 2.26. The smallest absolute Gasteiger partial charge is 0.239 e. The molecule has 0 unspecified atom stereocenters. The number of aldehydes is 1. The maximum Gasteiger partial charge on any atom is 0.239 e. The number of thiazole rings is 1. The fraction of sp³-hybridized carbons (Fsp3) is 0.214. The van der Waals surface area contributed by atoms with E-state index >= 15 is 0 Å². The SMILES string of the molecule is CCc1ccc(-c2csc(NC(=O)CN)n2)cc1C=O. The van der Waals surface area contributed by atoms with Gasteiger partial charge in [0.05, 0.1) is 12.2 Å². The molecule has 6 heteroatoms. The van der Waals surface area contributed by atoms with Gasteiger partial charge in [-0.2, -0.15) is 0 Å². The van der Waals surface area contributed by atoms with Crippen molar-refractivity contribution in [1.29, 1.82) is 0 Å². The fourth-order valence-corrected chi connectivity index (χ4v) is 2.56. The van der Waals surface area contributed by atoms with Gasteiger partial charge < -0.3 is 11.1 Å². The summed E-state index contributed by atoms with van der Waals surface area (Å²) >= 11 is 1.32. The second-order valence-corrected chi connectivity index (χ2v) is 5.03. The molecule has 20 heavy (non-hydrogen) atoms. The van der Waals surface area contributed by atoms with Crippen LogP contribution in [0, 0.1) is 0 Å². The highest BCUT2D eigenvalue weighted by Gasteiger charge is 2.09. The highest BCUT2D eigenvalue weighted by molar-refractivity contribution is 7.14. The Bertz CT molecular complexity index is 637. The van der Waals surface area contributed by atoms with E-state index in [2.05, 4.69) is 10.3 Å². The number of nitrogens with two attached hydrogens (primary N) is 1. The number of nitrogens with one attached hydrogen (secondary N) is 1. The Labute approximate surface area is 120 Å². The van der Waals surface area contributed by atoms with E-state index in [1.807, 2.05) is 30.5 Å². The Hall–Kier alpha value is -2.05.